The first-order valence-corrected chi connectivity index (χ1v) is 9.35. The van der Waals surface area contributed by atoms with Crippen LogP contribution < -0.4 is 4.74 Å². The summed E-state index contributed by atoms with van der Waals surface area (Å²) in [6.45, 7) is 12.8. The molecule has 1 heterocycles. The van der Waals surface area contributed by atoms with Crippen molar-refractivity contribution in [3.8, 4) is 11.9 Å². The van der Waals surface area contributed by atoms with Crippen LogP contribution >= 0.6 is 0 Å². The predicted octanol–water partition coefficient (Wildman–Crippen LogP) is 3.66. The second kappa shape index (κ2) is 6.19. The van der Waals surface area contributed by atoms with Crippen molar-refractivity contribution in [3.05, 3.63) is 28.7 Å². The number of rotatable bonds is 2. The Hall–Kier alpha value is -2.22. The molecule has 0 saturated heterocycles. The highest BCUT2D eigenvalue weighted by Crippen LogP contribution is 2.50. The van der Waals surface area contributed by atoms with E-state index in [0.717, 1.165) is 29.9 Å². The third kappa shape index (κ3) is 2.72. The molecule has 0 spiro atoms. The van der Waals surface area contributed by atoms with Gasteiger partial charge < -0.3 is 4.74 Å². The lowest BCUT2D eigenvalue weighted by atomic mass is 9.58. The highest BCUT2D eigenvalue weighted by Gasteiger charge is 2.50. The van der Waals surface area contributed by atoms with Crippen molar-refractivity contribution in [2.24, 2.45) is 11.8 Å². The molecule has 0 saturated carbocycles. The third-order valence-electron chi connectivity index (χ3n) is 5.75. The summed E-state index contributed by atoms with van der Waals surface area (Å²) in [5, 5.41) is 9.46. The fourth-order valence-electron chi connectivity index (χ4n) is 4.33. The van der Waals surface area contributed by atoms with Crippen molar-refractivity contribution in [2.45, 2.75) is 65.2 Å². The molecule has 2 aliphatic carbocycles. The lowest BCUT2D eigenvalue weighted by molar-refractivity contribution is -0.121. The zero-order valence-electron chi connectivity index (χ0n) is 16.5. The minimum absolute atomic E-state index is 0.0476. The average Bonchev–Trinajstić information content (AvgIpc) is 2.57. The third-order valence-corrected chi connectivity index (χ3v) is 5.75. The molecule has 1 aromatic rings. The first kappa shape index (κ1) is 18.6. The Morgan fingerprint density at radius 1 is 1.38 bits per heavy atom. The number of nitriles is 1. The van der Waals surface area contributed by atoms with Crippen molar-refractivity contribution in [2.75, 3.05) is 6.61 Å². The fraction of sp³-hybridized carbons (Fsp3) is 0.619. The molecule has 1 aromatic heterocycles. The summed E-state index contributed by atoms with van der Waals surface area (Å²) in [6, 6.07) is 2.09. The van der Waals surface area contributed by atoms with E-state index < -0.39 is 5.41 Å². The summed E-state index contributed by atoms with van der Waals surface area (Å²) in [5.41, 5.74) is 1.51. The fourth-order valence-corrected chi connectivity index (χ4v) is 4.33. The molecule has 0 fully saturated rings. The number of hydrogen-bond donors (Lipinski definition) is 0. The van der Waals surface area contributed by atoms with Crippen LogP contribution in [0, 0.1) is 23.2 Å². The molecular weight excluding hydrogens is 326 g/mol. The van der Waals surface area contributed by atoms with E-state index in [0.29, 0.717) is 12.5 Å². The molecular formula is C21H27N3O2. The van der Waals surface area contributed by atoms with Gasteiger partial charge in [0.25, 0.3) is 0 Å². The minimum atomic E-state index is -0.458. The molecule has 138 valence electrons. The van der Waals surface area contributed by atoms with Crippen LogP contribution in [0.5, 0.6) is 5.88 Å². The first-order chi connectivity index (χ1) is 12.1. The summed E-state index contributed by atoms with van der Waals surface area (Å²) in [7, 11) is 0. The molecule has 2 aliphatic rings. The molecule has 0 aliphatic heterocycles. The summed E-state index contributed by atoms with van der Waals surface area (Å²) >= 11 is 0. The Morgan fingerprint density at radius 2 is 2.08 bits per heavy atom. The van der Waals surface area contributed by atoms with Crippen LogP contribution in [0.25, 0.3) is 0 Å². The minimum Gasteiger partial charge on any atom is -0.478 e. The highest BCUT2D eigenvalue weighted by molar-refractivity contribution is 6.02. The number of carbonyl (C=O) groups is 1. The van der Waals surface area contributed by atoms with E-state index in [9.17, 15) is 10.1 Å². The van der Waals surface area contributed by atoms with Crippen molar-refractivity contribution in [1.29, 1.82) is 5.26 Å². The van der Waals surface area contributed by atoms with Gasteiger partial charge in [-0.2, -0.15) is 10.2 Å². The van der Waals surface area contributed by atoms with E-state index >= 15 is 0 Å². The first-order valence-electron chi connectivity index (χ1n) is 9.35. The molecule has 5 heteroatoms. The topological polar surface area (TPSA) is 75.9 Å². The van der Waals surface area contributed by atoms with E-state index in [-0.39, 0.29) is 28.6 Å². The van der Waals surface area contributed by atoms with Crippen LogP contribution in [0.2, 0.25) is 0 Å². The Balaban J connectivity index is 2.29. The van der Waals surface area contributed by atoms with Gasteiger partial charge in [0.2, 0.25) is 5.88 Å². The average molecular weight is 353 g/mol. The molecule has 0 N–H and O–H groups in total. The van der Waals surface area contributed by atoms with Crippen LogP contribution in [-0.4, -0.2) is 22.4 Å². The number of allylic oxidation sites excluding steroid dienone is 2. The quantitative estimate of drug-likeness (QED) is 0.811. The highest BCUT2D eigenvalue weighted by atomic mass is 16.5. The van der Waals surface area contributed by atoms with Gasteiger partial charge in [-0.05, 0) is 25.7 Å². The predicted molar refractivity (Wildman–Crippen MR) is 98.9 cm³/mol. The second-order valence-corrected chi connectivity index (χ2v) is 8.61. The van der Waals surface area contributed by atoms with Gasteiger partial charge in [-0.3, -0.25) is 4.79 Å². The number of ketones is 1. The van der Waals surface area contributed by atoms with Crippen molar-refractivity contribution >= 4 is 5.78 Å². The smallest absolute Gasteiger partial charge is 0.220 e. The molecule has 0 amide bonds. The van der Waals surface area contributed by atoms with Gasteiger partial charge in [0.05, 0.1) is 17.9 Å². The second-order valence-electron chi connectivity index (χ2n) is 8.61. The molecule has 0 bridgehead atoms. The normalized spacial score (nSPS) is 27.9. The van der Waals surface area contributed by atoms with E-state index in [1.165, 1.54) is 0 Å². The molecule has 0 aromatic carbocycles. The van der Waals surface area contributed by atoms with Gasteiger partial charge in [0.15, 0.2) is 5.78 Å². The lowest BCUT2D eigenvalue weighted by Crippen LogP contribution is -2.46. The van der Waals surface area contributed by atoms with Crippen LogP contribution in [0.3, 0.4) is 0 Å². The zero-order chi connectivity index (χ0) is 19.3. The SMILES string of the molecule is CCOc1nc(C(C)(C)C)nc2c1CC[C@H]1[C@H](C)C(=O)C(C#N)=C[C@]21C. The summed E-state index contributed by atoms with van der Waals surface area (Å²) in [6.07, 6.45) is 3.50. The van der Waals surface area contributed by atoms with Gasteiger partial charge in [-0.1, -0.05) is 40.7 Å². The molecule has 5 nitrogen and oxygen atoms in total. The van der Waals surface area contributed by atoms with Crippen molar-refractivity contribution in [3.63, 3.8) is 0 Å². The Morgan fingerprint density at radius 3 is 2.65 bits per heavy atom. The van der Waals surface area contributed by atoms with E-state index in [1.54, 1.807) is 0 Å². The summed E-state index contributed by atoms with van der Waals surface area (Å²) in [4.78, 5) is 22.2. The maximum Gasteiger partial charge on any atom is 0.220 e. The Bertz CT molecular complexity index is 829. The van der Waals surface area contributed by atoms with E-state index in [4.69, 9.17) is 14.7 Å². The molecule has 3 rings (SSSR count). The van der Waals surface area contributed by atoms with Gasteiger partial charge in [-0.15, -0.1) is 0 Å². The molecule has 3 atom stereocenters. The molecule has 26 heavy (non-hydrogen) atoms. The number of aromatic nitrogens is 2. The summed E-state index contributed by atoms with van der Waals surface area (Å²) < 4.78 is 5.86. The maximum atomic E-state index is 12.5. The van der Waals surface area contributed by atoms with Crippen LogP contribution in [0.15, 0.2) is 11.6 Å². The van der Waals surface area contributed by atoms with Crippen LogP contribution in [-0.2, 0) is 22.0 Å². The van der Waals surface area contributed by atoms with Crippen LogP contribution in [0.4, 0.5) is 0 Å². The van der Waals surface area contributed by atoms with Gasteiger partial charge >= 0.3 is 0 Å². The largest absolute Gasteiger partial charge is 0.478 e. The standard InChI is InChI=1S/C21H27N3O2/c1-7-26-18-14-8-9-15-12(2)16(25)13(11-22)10-21(15,6)17(14)23-19(24-18)20(3,4)5/h10,12,15H,7-9H2,1-6H3/t12-,15-,21-/m0/s1. The van der Waals surface area contributed by atoms with Gasteiger partial charge in [0, 0.05) is 22.3 Å². The van der Waals surface area contributed by atoms with Crippen LogP contribution in [0.1, 0.15) is 65.0 Å². The maximum absolute atomic E-state index is 12.5. The number of carbonyl (C=O) groups excluding carboxylic acids is 1. The monoisotopic (exact) mass is 353 g/mol. The lowest BCUT2D eigenvalue weighted by Gasteiger charge is -2.45. The van der Waals surface area contributed by atoms with Crippen molar-refractivity contribution in [1.82, 2.24) is 9.97 Å². The number of fused-ring (bicyclic) bond motifs is 3. The number of Topliss-reactive ketones (excluding diaryl/α,β-unsaturated/α-hetero) is 1. The molecule has 0 unspecified atom stereocenters. The Kier molecular flexibility index (Phi) is 4.42. The zero-order valence-corrected chi connectivity index (χ0v) is 16.5. The number of nitrogens with zero attached hydrogens (tertiary/aromatic N) is 3. The van der Waals surface area contributed by atoms with Crippen molar-refractivity contribution < 1.29 is 9.53 Å². The number of ether oxygens (including phenoxy) is 1. The van der Waals surface area contributed by atoms with E-state index in [1.807, 2.05) is 19.9 Å². The summed E-state index contributed by atoms with van der Waals surface area (Å²) in [5.74, 6) is 1.29. The molecule has 0 radical (unpaired) electrons. The number of hydrogen-bond acceptors (Lipinski definition) is 5. The van der Waals surface area contributed by atoms with E-state index in [2.05, 4.69) is 33.8 Å². The van der Waals surface area contributed by atoms with Gasteiger partial charge in [-0.25, -0.2) is 4.98 Å². The Labute approximate surface area is 155 Å². The van der Waals surface area contributed by atoms with Gasteiger partial charge in [0.1, 0.15) is 11.9 Å².